The van der Waals surface area contributed by atoms with Crippen LogP contribution in [0.5, 0.6) is 0 Å². The quantitative estimate of drug-likeness (QED) is 0.203. The Morgan fingerprint density at radius 3 is 1.62 bits per heavy atom. The van der Waals surface area contributed by atoms with E-state index >= 15 is 0 Å². The Kier molecular flexibility index (Phi) is 9.13. The lowest BCUT2D eigenvalue weighted by Gasteiger charge is -1.91. The molecule has 1 aromatic carbocycles. The Bertz CT molecular complexity index is 303. The van der Waals surface area contributed by atoms with Gasteiger partial charge in [-0.2, -0.15) is 0 Å². The van der Waals surface area contributed by atoms with Crippen LogP contribution in [-0.4, -0.2) is 17.0 Å². The molecule has 0 saturated carbocycles. The second-order valence-corrected chi connectivity index (χ2v) is 2.64. The number of hydrogen-bond acceptors (Lipinski definition) is 4. The van der Waals surface area contributed by atoms with Crippen molar-refractivity contribution in [3.05, 3.63) is 24.3 Å². The third kappa shape index (κ3) is 22.6. The van der Waals surface area contributed by atoms with E-state index in [1.54, 1.807) is 18.2 Å². The summed E-state index contributed by atoms with van der Waals surface area (Å²) in [7, 11) is 0. The molecule has 0 saturated heterocycles. The van der Waals surface area contributed by atoms with Gasteiger partial charge in [0.05, 0.1) is 0 Å². The molecule has 16 heavy (non-hydrogen) atoms. The van der Waals surface area contributed by atoms with Crippen molar-refractivity contribution in [3.63, 3.8) is 0 Å². The zero-order valence-electron chi connectivity index (χ0n) is 8.97. The van der Waals surface area contributed by atoms with Gasteiger partial charge in [-0.3, -0.25) is 10.2 Å². The minimum absolute atomic E-state index is 0.333. The Morgan fingerprint density at radius 1 is 1.25 bits per heavy atom. The first-order chi connectivity index (χ1) is 7.25. The zero-order valence-corrected chi connectivity index (χ0v) is 8.97. The summed E-state index contributed by atoms with van der Waals surface area (Å²) in [5.74, 6) is -1.17. The number of anilines is 2. The molecule has 0 spiro atoms. The van der Waals surface area contributed by atoms with Gasteiger partial charge in [0.2, 0.25) is 0 Å². The largest absolute Gasteiger partial charge is 0.481 e. The second kappa shape index (κ2) is 9.13. The van der Waals surface area contributed by atoms with Gasteiger partial charge >= 0.3 is 0 Å². The van der Waals surface area contributed by atoms with Crippen LogP contribution in [0, 0.1) is 5.41 Å². The number of benzene rings is 1. The fraction of sp³-hybridized carbons (Fsp3) is 0.111. The number of guanidine groups is 1. The number of nitrogen functional groups attached to an aromatic ring is 2. The average molecular weight is 227 g/mol. The molecule has 0 radical (unpaired) electrons. The van der Waals surface area contributed by atoms with Crippen LogP contribution in [0.2, 0.25) is 0 Å². The van der Waals surface area contributed by atoms with E-state index in [0.29, 0.717) is 11.4 Å². The van der Waals surface area contributed by atoms with E-state index < -0.39 is 5.97 Å². The molecule has 1 rings (SSSR count). The van der Waals surface area contributed by atoms with E-state index in [4.69, 9.17) is 26.8 Å². The highest BCUT2D eigenvalue weighted by atomic mass is 16.4. The van der Waals surface area contributed by atoms with E-state index in [0.717, 1.165) is 6.92 Å². The van der Waals surface area contributed by atoms with Crippen molar-refractivity contribution in [1.29, 1.82) is 5.41 Å². The fourth-order valence-electron chi connectivity index (χ4n) is 0.559. The van der Waals surface area contributed by atoms with Crippen LogP contribution < -0.4 is 22.9 Å². The summed E-state index contributed by atoms with van der Waals surface area (Å²) in [5, 5.41) is 13.5. The molecule has 90 valence electrons. The zero-order chi connectivity index (χ0) is 13.1. The van der Waals surface area contributed by atoms with E-state index in [2.05, 4.69) is 11.5 Å². The molecule has 0 aliphatic heterocycles. The summed E-state index contributed by atoms with van der Waals surface area (Å²) < 4.78 is 0. The minimum atomic E-state index is -0.833. The highest BCUT2D eigenvalue weighted by Gasteiger charge is 1.81. The molecule has 7 nitrogen and oxygen atoms in total. The lowest BCUT2D eigenvalue weighted by Crippen LogP contribution is -2.20. The van der Waals surface area contributed by atoms with Gasteiger partial charge in [-0.25, -0.2) is 0 Å². The molecule has 0 fully saturated rings. The van der Waals surface area contributed by atoms with E-state index in [9.17, 15) is 0 Å². The van der Waals surface area contributed by atoms with Gasteiger partial charge in [-0.05, 0) is 18.2 Å². The third-order valence-corrected chi connectivity index (χ3v) is 0.911. The van der Waals surface area contributed by atoms with Crippen LogP contribution in [0.25, 0.3) is 0 Å². The Balaban J connectivity index is 0. The number of hydrogen-bond donors (Lipinski definition) is 6. The van der Waals surface area contributed by atoms with Crippen LogP contribution in [0.1, 0.15) is 6.92 Å². The summed E-state index contributed by atoms with van der Waals surface area (Å²) >= 11 is 0. The number of rotatable bonds is 0. The summed E-state index contributed by atoms with van der Waals surface area (Å²) in [6, 6.07) is 7.15. The number of carboxylic acid groups (broad SMARTS) is 1. The highest BCUT2D eigenvalue weighted by Crippen LogP contribution is 2.06. The number of carboxylic acids is 1. The molecule has 0 amide bonds. The first-order valence-electron chi connectivity index (χ1n) is 4.15. The number of carbonyl (C=O) groups is 1. The smallest absolute Gasteiger partial charge is 0.300 e. The van der Waals surface area contributed by atoms with Gasteiger partial charge in [-0.1, -0.05) is 6.07 Å². The van der Waals surface area contributed by atoms with Gasteiger partial charge in [0.15, 0.2) is 5.96 Å². The number of nitrogens with two attached hydrogens (primary N) is 4. The van der Waals surface area contributed by atoms with Crippen molar-refractivity contribution in [2.45, 2.75) is 6.92 Å². The molecular formula is C9H17N5O2. The Hall–Kier alpha value is -2.44. The first kappa shape index (κ1) is 16.0. The lowest BCUT2D eigenvalue weighted by atomic mass is 10.3. The maximum Gasteiger partial charge on any atom is 0.300 e. The SMILES string of the molecule is CC(=O)O.N=C(N)N.Nc1cccc(N)c1. The molecule has 7 heteroatoms. The van der Waals surface area contributed by atoms with Crippen LogP contribution >= 0.6 is 0 Å². The van der Waals surface area contributed by atoms with Crippen LogP contribution in [0.15, 0.2) is 24.3 Å². The maximum absolute atomic E-state index is 9.00. The third-order valence-electron chi connectivity index (χ3n) is 0.911. The maximum atomic E-state index is 9.00. The van der Waals surface area contributed by atoms with Gasteiger partial charge in [0, 0.05) is 18.3 Å². The van der Waals surface area contributed by atoms with Crippen molar-refractivity contribution in [3.8, 4) is 0 Å². The molecule has 0 aliphatic carbocycles. The molecule has 0 heterocycles. The van der Waals surface area contributed by atoms with Crippen molar-refractivity contribution in [2.75, 3.05) is 11.5 Å². The molecule has 0 aliphatic rings. The Morgan fingerprint density at radius 2 is 1.50 bits per heavy atom. The molecule has 10 N–H and O–H groups in total. The lowest BCUT2D eigenvalue weighted by molar-refractivity contribution is -0.134. The van der Waals surface area contributed by atoms with Gasteiger partial charge < -0.3 is 28.0 Å². The molecule has 0 atom stereocenters. The summed E-state index contributed by atoms with van der Waals surface area (Å²) in [6.07, 6.45) is 0. The van der Waals surface area contributed by atoms with E-state index in [1.165, 1.54) is 0 Å². The molecule has 0 unspecified atom stereocenters. The number of nitrogens with one attached hydrogen (secondary N) is 1. The molecule has 0 aromatic heterocycles. The molecule has 0 bridgehead atoms. The molecule has 1 aromatic rings. The van der Waals surface area contributed by atoms with Crippen molar-refractivity contribution in [2.24, 2.45) is 11.5 Å². The first-order valence-corrected chi connectivity index (χ1v) is 4.15. The van der Waals surface area contributed by atoms with E-state index in [-0.39, 0.29) is 5.96 Å². The fourth-order valence-corrected chi connectivity index (χ4v) is 0.559. The number of aliphatic carboxylic acids is 1. The van der Waals surface area contributed by atoms with Crippen LogP contribution in [-0.2, 0) is 4.79 Å². The normalized spacial score (nSPS) is 7.56. The topological polar surface area (TPSA) is 165 Å². The summed E-state index contributed by atoms with van der Waals surface area (Å²) in [5.41, 5.74) is 21.1. The van der Waals surface area contributed by atoms with Gasteiger partial charge in [0.1, 0.15) is 0 Å². The van der Waals surface area contributed by atoms with Gasteiger partial charge in [0.25, 0.3) is 5.97 Å². The molecular weight excluding hydrogens is 210 g/mol. The summed E-state index contributed by atoms with van der Waals surface area (Å²) in [4.78, 5) is 9.00. The highest BCUT2D eigenvalue weighted by molar-refractivity contribution is 5.71. The second-order valence-electron chi connectivity index (χ2n) is 2.64. The predicted molar refractivity (Wildman–Crippen MR) is 64.7 cm³/mol. The van der Waals surface area contributed by atoms with Crippen molar-refractivity contribution >= 4 is 23.3 Å². The van der Waals surface area contributed by atoms with Crippen LogP contribution in [0.3, 0.4) is 0 Å². The van der Waals surface area contributed by atoms with Crippen molar-refractivity contribution in [1.82, 2.24) is 0 Å². The summed E-state index contributed by atoms with van der Waals surface area (Å²) in [6.45, 7) is 1.08. The monoisotopic (exact) mass is 227 g/mol. The average Bonchev–Trinajstić information content (AvgIpc) is 2.00. The van der Waals surface area contributed by atoms with Crippen LogP contribution in [0.4, 0.5) is 11.4 Å². The standard InChI is InChI=1S/C6H8N2.C2H4O2.CH5N3/c7-5-2-1-3-6(8)4-5;1-2(3)4;2-1(3)4/h1-4H,7-8H2;1H3,(H,3,4);(H5,2,3,4). The minimum Gasteiger partial charge on any atom is -0.481 e. The van der Waals surface area contributed by atoms with Gasteiger partial charge in [-0.15, -0.1) is 0 Å². The Labute approximate surface area is 93.5 Å². The van der Waals surface area contributed by atoms with E-state index in [1.807, 2.05) is 6.07 Å². The van der Waals surface area contributed by atoms with Crippen molar-refractivity contribution < 1.29 is 9.90 Å². The predicted octanol–water partition coefficient (Wildman–Crippen LogP) is -0.220.